The SMILES string of the molecule is [C-]#[N+]c1ccc(N2C(=O)C(C)(C)N(c3ccc(OCC(=O)NC)c(F)c3)C2=S)cc1C. The van der Waals surface area contributed by atoms with Crippen molar-refractivity contribution in [3.63, 3.8) is 0 Å². The third kappa shape index (κ3) is 3.94. The Morgan fingerprint density at radius 2 is 1.94 bits per heavy atom. The number of halogens is 1. The molecule has 0 unspecified atom stereocenters. The predicted octanol–water partition coefficient (Wildman–Crippen LogP) is 3.73. The lowest BCUT2D eigenvalue weighted by Gasteiger charge is -2.29. The molecular formula is C22H21FN4O3S. The van der Waals surface area contributed by atoms with Crippen molar-refractivity contribution in [2.24, 2.45) is 0 Å². The molecule has 1 aliphatic heterocycles. The first-order chi connectivity index (χ1) is 14.6. The van der Waals surface area contributed by atoms with Gasteiger partial charge in [-0.3, -0.25) is 14.5 Å². The maximum absolute atomic E-state index is 14.6. The Morgan fingerprint density at radius 1 is 1.26 bits per heavy atom. The van der Waals surface area contributed by atoms with Gasteiger partial charge < -0.3 is 15.0 Å². The highest BCUT2D eigenvalue weighted by Gasteiger charge is 2.50. The van der Waals surface area contributed by atoms with Gasteiger partial charge >= 0.3 is 0 Å². The van der Waals surface area contributed by atoms with Gasteiger partial charge in [-0.1, -0.05) is 6.07 Å². The number of hydrogen-bond donors (Lipinski definition) is 1. The quantitative estimate of drug-likeness (QED) is 0.567. The highest BCUT2D eigenvalue weighted by atomic mass is 32.1. The average Bonchev–Trinajstić information content (AvgIpc) is 2.90. The van der Waals surface area contributed by atoms with Gasteiger partial charge in [0.1, 0.15) is 5.54 Å². The van der Waals surface area contributed by atoms with Crippen LogP contribution >= 0.6 is 12.2 Å². The summed E-state index contributed by atoms with van der Waals surface area (Å²) in [7, 11) is 1.46. The summed E-state index contributed by atoms with van der Waals surface area (Å²) in [5.41, 5.74) is 1.07. The lowest BCUT2D eigenvalue weighted by atomic mass is 10.0. The second-order valence-electron chi connectivity index (χ2n) is 7.48. The molecule has 2 amide bonds. The predicted molar refractivity (Wildman–Crippen MR) is 120 cm³/mol. The van der Waals surface area contributed by atoms with E-state index in [0.29, 0.717) is 17.1 Å². The molecule has 0 aliphatic carbocycles. The molecule has 1 heterocycles. The monoisotopic (exact) mass is 440 g/mol. The fourth-order valence-corrected chi connectivity index (χ4v) is 3.84. The molecule has 31 heavy (non-hydrogen) atoms. The van der Waals surface area contributed by atoms with E-state index < -0.39 is 11.4 Å². The number of benzene rings is 2. The molecule has 9 heteroatoms. The lowest BCUT2D eigenvalue weighted by molar-refractivity contribution is -0.122. The van der Waals surface area contributed by atoms with E-state index in [0.717, 1.165) is 5.56 Å². The van der Waals surface area contributed by atoms with Crippen molar-refractivity contribution in [1.29, 1.82) is 0 Å². The molecule has 0 radical (unpaired) electrons. The van der Waals surface area contributed by atoms with Gasteiger partial charge in [0.05, 0.1) is 6.57 Å². The Kier molecular flexibility index (Phi) is 5.95. The number of anilines is 2. The van der Waals surface area contributed by atoms with E-state index in [-0.39, 0.29) is 29.3 Å². The number of hydrogen-bond acceptors (Lipinski definition) is 4. The van der Waals surface area contributed by atoms with Gasteiger partial charge in [-0.2, -0.15) is 0 Å². The van der Waals surface area contributed by atoms with Gasteiger partial charge in [0, 0.05) is 24.5 Å². The van der Waals surface area contributed by atoms with Crippen LogP contribution in [0, 0.1) is 19.3 Å². The average molecular weight is 441 g/mol. The van der Waals surface area contributed by atoms with Gasteiger partial charge in [-0.05, 0) is 62.8 Å². The molecule has 1 N–H and O–H groups in total. The molecule has 3 rings (SSSR count). The van der Waals surface area contributed by atoms with Crippen LogP contribution in [0.3, 0.4) is 0 Å². The van der Waals surface area contributed by atoms with Crippen LogP contribution < -0.4 is 19.9 Å². The highest BCUT2D eigenvalue weighted by molar-refractivity contribution is 7.81. The van der Waals surface area contributed by atoms with Crippen LogP contribution in [-0.2, 0) is 9.59 Å². The number of nitrogens with zero attached hydrogens (tertiary/aromatic N) is 3. The molecule has 1 aliphatic rings. The van der Waals surface area contributed by atoms with Crippen molar-refractivity contribution < 1.29 is 18.7 Å². The first-order valence-corrected chi connectivity index (χ1v) is 9.82. The van der Waals surface area contributed by atoms with Crippen molar-refractivity contribution in [1.82, 2.24) is 5.32 Å². The van der Waals surface area contributed by atoms with E-state index in [4.69, 9.17) is 23.5 Å². The lowest BCUT2D eigenvalue weighted by Crippen LogP contribution is -2.44. The van der Waals surface area contributed by atoms with Crippen LogP contribution in [0.2, 0.25) is 0 Å². The summed E-state index contributed by atoms with van der Waals surface area (Å²) in [5, 5.41) is 2.59. The van der Waals surface area contributed by atoms with Gasteiger partial charge in [-0.15, -0.1) is 0 Å². The summed E-state index contributed by atoms with van der Waals surface area (Å²) in [6, 6.07) is 9.24. The van der Waals surface area contributed by atoms with Crippen molar-refractivity contribution in [2.75, 3.05) is 23.5 Å². The molecule has 1 fully saturated rings. The third-order valence-electron chi connectivity index (χ3n) is 5.04. The van der Waals surface area contributed by atoms with Crippen molar-refractivity contribution in [2.45, 2.75) is 26.3 Å². The Labute approximate surface area is 185 Å². The molecule has 2 aromatic rings. The van der Waals surface area contributed by atoms with Crippen LogP contribution in [-0.4, -0.2) is 36.1 Å². The molecular weight excluding hydrogens is 419 g/mol. The standard InChI is InChI=1S/C22H21FN4O3S/c1-13-10-14(6-8-17(13)24-4)26-20(29)22(2,3)27(21(26)31)15-7-9-18(16(23)11-15)30-12-19(28)25-5/h6-11H,12H2,1-3,5H3,(H,25,28). The van der Waals surface area contributed by atoms with Crippen LogP contribution in [0.25, 0.3) is 4.85 Å². The molecule has 7 nitrogen and oxygen atoms in total. The van der Waals surface area contributed by atoms with Crippen LogP contribution in [0.5, 0.6) is 5.75 Å². The topological polar surface area (TPSA) is 66.2 Å². The fourth-order valence-electron chi connectivity index (χ4n) is 3.32. The van der Waals surface area contributed by atoms with Crippen LogP contribution in [0.4, 0.5) is 21.5 Å². The summed E-state index contributed by atoms with van der Waals surface area (Å²) >= 11 is 5.60. The zero-order valence-electron chi connectivity index (χ0n) is 17.5. The minimum Gasteiger partial charge on any atom is -0.481 e. The number of nitrogens with one attached hydrogen (secondary N) is 1. The summed E-state index contributed by atoms with van der Waals surface area (Å²) in [6.07, 6.45) is 0. The van der Waals surface area contributed by atoms with E-state index in [1.54, 1.807) is 49.9 Å². The first kappa shape index (κ1) is 22.2. The Bertz CT molecular complexity index is 1130. The van der Waals surface area contributed by atoms with E-state index >= 15 is 0 Å². The Balaban J connectivity index is 1.95. The maximum Gasteiger partial charge on any atom is 0.259 e. The van der Waals surface area contributed by atoms with Crippen molar-refractivity contribution in [3.05, 3.63) is 59.2 Å². The number of aryl methyl sites for hydroxylation is 1. The Morgan fingerprint density at radius 3 is 2.52 bits per heavy atom. The van der Waals surface area contributed by atoms with E-state index in [2.05, 4.69) is 10.2 Å². The Hall–Kier alpha value is -3.51. The molecule has 1 saturated heterocycles. The number of likely N-dealkylation sites (N-methyl/N-ethyl adjacent to an activating group) is 1. The number of carbonyl (C=O) groups excluding carboxylic acids is 2. The van der Waals surface area contributed by atoms with Gasteiger partial charge in [-0.25, -0.2) is 9.24 Å². The number of thiocarbonyl (C=S) groups is 1. The summed E-state index contributed by atoms with van der Waals surface area (Å²) in [6.45, 7) is 12.1. The zero-order valence-corrected chi connectivity index (χ0v) is 18.3. The van der Waals surface area contributed by atoms with Gasteiger partial charge in [0.2, 0.25) is 0 Å². The number of carbonyl (C=O) groups is 2. The highest BCUT2D eigenvalue weighted by Crippen LogP contribution is 2.38. The van der Waals surface area contributed by atoms with E-state index in [1.807, 2.05) is 0 Å². The van der Waals surface area contributed by atoms with Crippen molar-refractivity contribution in [3.8, 4) is 5.75 Å². The summed E-state index contributed by atoms with van der Waals surface area (Å²) < 4.78 is 19.8. The van der Waals surface area contributed by atoms with Gasteiger partial charge in [0.25, 0.3) is 11.8 Å². The number of amides is 2. The smallest absolute Gasteiger partial charge is 0.259 e. The summed E-state index contributed by atoms with van der Waals surface area (Å²) in [4.78, 5) is 31.0. The molecule has 2 aromatic carbocycles. The van der Waals surface area contributed by atoms with Crippen molar-refractivity contribution >= 4 is 46.2 Å². The van der Waals surface area contributed by atoms with Crippen LogP contribution in [0.15, 0.2) is 36.4 Å². The largest absolute Gasteiger partial charge is 0.481 e. The zero-order chi connectivity index (χ0) is 22.9. The normalized spacial score (nSPS) is 15.1. The third-order valence-corrected chi connectivity index (χ3v) is 5.40. The minimum atomic E-state index is -1.07. The summed E-state index contributed by atoms with van der Waals surface area (Å²) in [5.74, 6) is -1.41. The molecule has 0 atom stereocenters. The molecule has 0 aromatic heterocycles. The van der Waals surface area contributed by atoms with E-state index in [9.17, 15) is 14.0 Å². The molecule has 0 spiro atoms. The molecule has 0 bridgehead atoms. The molecule has 0 saturated carbocycles. The fraction of sp³-hybridized carbons (Fsp3) is 0.273. The maximum atomic E-state index is 14.6. The number of ether oxygens (including phenoxy) is 1. The van der Waals surface area contributed by atoms with Crippen LogP contribution in [0.1, 0.15) is 19.4 Å². The first-order valence-electron chi connectivity index (χ1n) is 9.41. The van der Waals surface area contributed by atoms with E-state index in [1.165, 1.54) is 24.1 Å². The second-order valence-corrected chi connectivity index (χ2v) is 7.84. The van der Waals surface area contributed by atoms with Gasteiger partial charge in [0.15, 0.2) is 29.0 Å². The number of rotatable bonds is 5. The molecule has 160 valence electrons. The minimum absolute atomic E-state index is 0.0798. The second kappa shape index (κ2) is 8.32.